The number of likely N-dealkylation sites (tertiary alicyclic amines) is 2. The van der Waals surface area contributed by atoms with Gasteiger partial charge in [-0.05, 0) is 54.9 Å². The van der Waals surface area contributed by atoms with Crippen molar-refractivity contribution >= 4 is 29.4 Å². The van der Waals surface area contributed by atoms with Crippen molar-refractivity contribution in [3.63, 3.8) is 0 Å². The number of urea groups is 1. The number of amides is 3. The second-order valence-electron chi connectivity index (χ2n) is 9.47. The van der Waals surface area contributed by atoms with Gasteiger partial charge in [0.05, 0.1) is 17.7 Å². The summed E-state index contributed by atoms with van der Waals surface area (Å²) in [7, 11) is 1.58. The van der Waals surface area contributed by atoms with E-state index in [-0.39, 0.29) is 23.0 Å². The molecule has 2 aromatic carbocycles. The molecule has 1 spiro atoms. The quantitative estimate of drug-likeness (QED) is 0.349. The molecule has 0 aliphatic carbocycles. The number of hydrogen-bond donors (Lipinski definition) is 1. The molecule has 9 nitrogen and oxygen atoms in total. The van der Waals surface area contributed by atoms with Crippen LogP contribution in [-0.2, 0) is 4.79 Å². The molecular weight excluding hydrogens is 460 g/mol. The lowest BCUT2D eigenvalue weighted by Gasteiger charge is -2.39. The first-order valence-corrected chi connectivity index (χ1v) is 12.3. The normalized spacial score (nSPS) is 17.2. The number of carbonyl (C=O) groups is 2. The molecule has 2 aliphatic rings. The maximum atomic E-state index is 13.3. The summed E-state index contributed by atoms with van der Waals surface area (Å²) in [4.78, 5) is 40.5. The largest absolute Gasteiger partial charge is 0.495 e. The van der Waals surface area contributed by atoms with Crippen LogP contribution in [0.3, 0.4) is 0 Å². The first-order chi connectivity index (χ1) is 17.3. The van der Waals surface area contributed by atoms with E-state index < -0.39 is 4.92 Å². The standard InChI is InChI=1S/C27H32N4O5/c1-3-21(17-20-7-6-8-22(18-20)31(34)35)25(32)30-16-13-27(19-30)11-14-29(15-12-27)26(33)28-23-9-4-5-10-24(23)36-2/h4-10,17-18H,3,11-16,19H2,1-2H3,(H,28,33)/b21-17-. The van der Waals surface area contributed by atoms with Crippen LogP contribution < -0.4 is 10.1 Å². The molecule has 2 saturated heterocycles. The Kier molecular flexibility index (Phi) is 7.57. The van der Waals surface area contributed by atoms with Crippen LogP contribution in [0.1, 0.15) is 38.2 Å². The highest BCUT2D eigenvalue weighted by molar-refractivity contribution is 5.98. The molecule has 0 saturated carbocycles. The third-order valence-corrected chi connectivity index (χ3v) is 7.26. The van der Waals surface area contributed by atoms with Crippen LogP contribution in [0.5, 0.6) is 5.75 Å². The predicted molar refractivity (Wildman–Crippen MR) is 138 cm³/mol. The van der Waals surface area contributed by atoms with Crippen LogP contribution in [0.25, 0.3) is 6.08 Å². The molecule has 2 aromatic rings. The highest BCUT2D eigenvalue weighted by Crippen LogP contribution is 2.41. The molecule has 3 amide bonds. The number of methoxy groups -OCH3 is 1. The lowest BCUT2D eigenvalue weighted by Crippen LogP contribution is -2.46. The van der Waals surface area contributed by atoms with Crippen molar-refractivity contribution in [2.45, 2.75) is 32.6 Å². The number of ether oxygens (including phenoxy) is 1. The monoisotopic (exact) mass is 492 g/mol. The number of rotatable bonds is 6. The summed E-state index contributed by atoms with van der Waals surface area (Å²) in [6.07, 6.45) is 4.89. The summed E-state index contributed by atoms with van der Waals surface area (Å²) >= 11 is 0. The maximum absolute atomic E-state index is 13.3. The zero-order valence-corrected chi connectivity index (χ0v) is 20.7. The van der Waals surface area contributed by atoms with Crippen LogP contribution in [0, 0.1) is 15.5 Å². The van der Waals surface area contributed by atoms with Crippen molar-refractivity contribution < 1.29 is 19.2 Å². The van der Waals surface area contributed by atoms with Gasteiger partial charge in [0.1, 0.15) is 5.75 Å². The number of hydrogen-bond acceptors (Lipinski definition) is 5. The van der Waals surface area contributed by atoms with E-state index in [0.717, 1.165) is 19.3 Å². The topological polar surface area (TPSA) is 105 Å². The molecule has 2 aliphatic heterocycles. The minimum Gasteiger partial charge on any atom is -0.495 e. The summed E-state index contributed by atoms with van der Waals surface area (Å²) in [5, 5.41) is 14.0. The van der Waals surface area contributed by atoms with Gasteiger partial charge < -0.3 is 19.9 Å². The Morgan fingerprint density at radius 2 is 1.78 bits per heavy atom. The van der Waals surface area contributed by atoms with E-state index in [9.17, 15) is 19.7 Å². The Bertz CT molecular complexity index is 1170. The third-order valence-electron chi connectivity index (χ3n) is 7.26. The second-order valence-corrected chi connectivity index (χ2v) is 9.47. The van der Waals surface area contributed by atoms with Crippen molar-refractivity contribution in [3.05, 3.63) is 69.8 Å². The van der Waals surface area contributed by atoms with Gasteiger partial charge in [0.2, 0.25) is 5.91 Å². The third kappa shape index (κ3) is 5.50. The Labute approximate surface area is 210 Å². The number of para-hydroxylation sites is 2. The number of non-ortho nitro benzene ring substituents is 1. The molecule has 2 fully saturated rings. The zero-order chi connectivity index (χ0) is 25.7. The van der Waals surface area contributed by atoms with E-state index in [4.69, 9.17) is 4.74 Å². The fraction of sp³-hybridized carbons (Fsp3) is 0.407. The smallest absolute Gasteiger partial charge is 0.321 e. The van der Waals surface area contributed by atoms with Gasteiger partial charge in [-0.25, -0.2) is 4.79 Å². The van der Waals surface area contributed by atoms with Crippen molar-refractivity contribution in [1.29, 1.82) is 0 Å². The minimum atomic E-state index is -0.433. The fourth-order valence-corrected chi connectivity index (χ4v) is 5.09. The van der Waals surface area contributed by atoms with Crippen LogP contribution in [-0.4, -0.2) is 60.0 Å². The van der Waals surface area contributed by atoms with Crippen LogP contribution in [0.4, 0.5) is 16.2 Å². The van der Waals surface area contributed by atoms with E-state index >= 15 is 0 Å². The summed E-state index contributed by atoms with van der Waals surface area (Å²) in [6, 6.07) is 13.5. The number of piperidine rings is 1. The fourth-order valence-electron chi connectivity index (χ4n) is 5.09. The molecule has 4 rings (SSSR count). The number of nitro benzene ring substituents is 1. The van der Waals surface area contributed by atoms with E-state index in [1.165, 1.54) is 12.1 Å². The van der Waals surface area contributed by atoms with Gasteiger partial charge in [-0.2, -0.15) is 0 Å². The zero-order valence-electron chi connectivity index (χ0n) is 20.7. The molecule has 36 heavy (non-hydrogen) atoms. The number of nitrogens with one attached hydrogen (secondary N) is 1. The second kappa shape index (κ2) is 10.8. The predicted octanol–water partition coefficient (Wildman–Crippen LogP) is 4.94. The summed E-state index contributed by atoms with van der Waals surface area (Å²) in [5.41, 5.74) is 1.96. The Hall–Kier alpha value is -3.88. The summed E-state index contributed by atoms with van der Waals surface area (Å²) in [6.45, 7) is 4.53. The van der Waals surface area contributed by atoms with E-state index in [0.29, 0.717) is 55.2 Å². The van der Waals surface area contributed by atoms with Crippen LogP contribution >= 0.6 is 0 Å². The lowest BCUT2D eigenvalue weighted by atomic mass is 9.78. The van der Waals surface area contributed by atoms with Gasteiger partial charge in [-0.3, -0.25) is 14.9 Å². The van der Waals surface area contributed by atoms with Crippen LogP contribution in [0.2, 0.25) is 0 Å². The van der Waals surface area contributed by atoms with Gasteiger partial charge in [0.15, 0.2) is 0 Å². The molecule has 0 aromatic heterocycles. The van der Waals surface area contributed by atoms with Gasteiger partial charge in [-0.1, -0.05) is 31.2 Å². The first kappa shape index (κ1) is 25.2. The molecule has 0 unspecified atom stereocenters. The number of nitro groups is 1. The number of nitrogens with zero attached hydrogens (tertiary/aromatic N) is 3. The van der Waals surface area contributed by atoms with Gasteiger partial charge in [0, 0.05) is 43.9 Å². The van der Waals surface area contributed by atoms with Crippen molar-refractivity contribution in [3.8, 4) is 5.75 Å². The number of benzene rings is 2. The highest BCUT2D eigenvalue weighted by Gasteiger charge is 2.43. The van der Waals surface area contributed by atoms with Crippen molar-refractivity contribution in [1.82, 2.24) is 9.80 Å². The molecule has 190 valence electrons. The van der Waals surface area contributed by atoms with Gasteiger partial charge in [0.25, 0.3) is 5.69 Å². The number of anilines is 1. The van der Waals surface area contributed by atoms with Crippen LogP contribution in [0.15, 0.2) is 54.1 Å². The molecule has 1 N–H and O–H groups in total. The number of carbonyl (C=O) groups excluding carboxylic acids is 2. The Morgan fingerprint density at radius 1 is 1.08 bits per heavy atom. The molecule has 0 radical (unpaired) electrons. The maximum Gasteiger partial charge on any atom is 0.321 e. The first-order valence-electron chi connectivity index (χ1n) is 12.3. The summed E-state index contributed by atoms with van der Waals surface area (Å²) in [5.74, 6) is 0.603. The average molecular weight is 493 g/mol. The molecule has 9 heteroatoms. The van der Waals surface area contributed by atoms with Gasteiger partial charge >= 0.3 is 6.03 Å². The molecule has 2 heterocycles. The Balaban J connectivity index is 1.36. The minimum absolute atomic E-state index is 0.00767. The van der Waals surface area contributed by atoms with E-state index in [1.54, 1.807) is 25.3 Å². The molecule has 0 atom stereocenters. The van der Waals surface area contributed by atoms with Gasteiger partial charge in [-0.15, -0.1) is 0 Å². The molecule has 0 bridgehead atoms. The average Bonchev–Trinajstić information content (AvgIpc) is 3.31. The highest BCUT2D eigenvalue weighted by atomic mass is 16.6. The van der Waals surface area contributed by atoms with E-state index in [1.807, 2.05) is 41.0 Å². The van der Waals surface area contributed by atoms with Crippen molar-refractivity contribution in [2.75, 3.05) is 38.6 Å². The molecular formula is C27H32N4O5. The summed E-state index contributed by atoms with van der Waals surface area (Å²) < 4.78 is 5.32. The Morgan fingerprint density at radius 3 is 2.44 bits per heavy atom. The lowest BCUT2D eigenvalue weighted by molar-refractivity contribution is -0.384. The van der Waals surface area contributed by atoms with E-state index in [2.05, 4.69) is 5.32 Å². The SMILES string of the molecule is CC/C(=C/c1cccc([N+](=O)[O-])c1)C(=O)N1CCC2(CCN(C(=O)Nc3ccccc3OC)CC2)C1. The van der Waals surface area contributed by atoms with Crippen molar-refractivity contribution in [2.24, 2.45) is 5.41 Å².